The van der Waals surface area contributed by atoms with Crippen LogP contribution in [0, 0.1) is 0 Å². The number of aliphatic carboxylic acids is 1. The molecular formula is C11H11BrO2. The number of hydrogen-bond acceptors (Lipinski definition) is 1. The summed E-state index contributed by atoms with van der Waals surface area (Å²) in [6, 6.07) is 7.54. The first kappa shape index (κ1) is 11.0. The van der Waals surface area contributed by atoms with Gasteiger partial charge < -0.3 is 5.11 Å². The summed E-state index contributed by atoms with van der Waals surface area (Å²) in [4.78, 5) is 10.8. The molecular weight excluding hydrogens is 244 g/mol. The van der Waals surface area contributed by atoms with Crippen molar-refractivity contribution in [3.05, 3.63) is 39.9 Å². The molecule has 1 N–H and O–H groups in total. The highest BCUT2D eigenvalue weighted by molar-refractivity contribution is 9.10. The predicted molar refractivity (Wildman–Crippen MR) is 60.0 cm³/mol. The normalized spacial score (nSPS) is 11.4. The van der Waals surface area contributed by atoms with Crippen LogP contribution in [0.15, 0.2) is 34.3 Å². The van der Waals surface area contributed by atoms with Crippen molar-refractivity contribution in [3.63, 3.8) is 0 Å². The Hall–Kier alpha value is -1.09. The third kappa shape index (κ3) is 2.70. The van der Waals surface area contributed by atoms with E-state index in [1.54, 1.807) is 6.08 Å². The Morgan fingerprint density at radius 3 is 2.64 bits per heavy atom. The van der Waals surface area contributed by atoms with Gasteiger partial charge in [-0.3, -0.25) is 0 Å². The van der Waals surface area contributed by atoms with Crippen LogP contribution in [0.3, 0.4) is 0 Å². The quantitative estimate of drug-likeness (QED) is 0.841. The predicted octanol–water partition coefficient (Wildman–Crippen LogP) is 3.33. The van der Waals surface area contributed by atoms with Gasteiger partial charge in [0.1, 0.15) is 0 Å². The molecule has 0 heterocycles. The van der Waals surface area contributed by atoms with Gasteiger partial charge in [0.15, 0.2) is 0 Å². The second-order valence-electron chi connectivity index (χ2n) is 2.85. The zero-order valence-corrected chi connectivity index (χ0v) is 9.41. The fraction of sp³-hybridized carbons (Fsp3) is 0.182. The molecule has 0 atom stereocenters. The van der Waals surface area contributed by atoms with Gasteiger partial charge in [0, 0.05) is 10.0 Å². The summed E-state index contributed by atoms with van der Waals surface area (Å²) in [5.74, 6) is -0.858. The number of benzene rings is 1. The summed E-state index contributed by atoms with van der Waals surface area (Å²) < 4.78 is 0.909. The summed E-state index contributed by atoms with van der Waals surface area (Å²) in [5, 5.41) is 8.84. The molecule has 0 radical (unpaired) electrons. The molecule has 1 aromatic rings. The number of halogens is 1. The molecule has 0 aromatic heterocycles. The van der Waals surface area contributed by atoms with E-state index >= 15 is 0 Å². The van der Waals surface area contributed by atoms with Crippen LogP contribution in [0.2, 0.25) is 0 Å². The first-order valence-electron chi connectivity index (χ1n) is 4.33. The van der Waals surface area contributed by atoms with E-state index in [-0.39, 0.29) is 0 Å². The molecule has 0 unspecified atom stereocenters. The molecule has 74 valence electrons. The van der Waals surface area contributed by atoms with Gasteiger partial charge in [0.25, 0.3) is 0 Å². The summed E-state index contributed by atoms with van der Waals surface area (Å²) in [5.41, 5.74) is 1.31. The van der Waals surface area contributed by atoms with E-state index in [1.807, 2.05) is 31.2 Å². The Morgan fingerprint density at radius 1 is 1.50 bits per heavy atom. The second-order valence-corrected chi connectivity index (χ2v) is 3.70. The fourth-order valence-corrected chi connectivity index (χ4v) is 1.49. The molecule has 0 aliphatic heterocycles. The smallest absolute Gasteiger partial charge is 0.331 e. The first-order valence-corrected chi connectivity index (χ1v) is 5.13. The number of carbonyl (C=O) groups is 1. The largest absolute Gasteiger partial charge is 0.478 e. The monoisotopic (exact) mass is 254 g/mol. The lowest BCUT2D eigenvalue weighted by atomic mass is 10.1. The van der Waals surface area contributed by atoms with Gasteiger partial charge in [-0.1, -0.05) is 41.1 Å². The van der Waals surface area contributed by atoms with Crippen molar-refractivity contribution in [2.75, 3.05) is 0 Å². The molecule has 2 nitrogen and oxygen atoms in total. The van der Waals surface area contributed by atoms with E-state index in [9.17, 15) is 4.79 Å². The summed E-state index contributed by atoms with van der Waals surface area (Å²) in [6.07, 6.45) is 2.21. The number of hydrogen-bond donors (Lipinski definition) is 1. The molecule has 0 aliphatic rings. The SMILES string of the molecule is CC/C(=C\c1ccccc1Br)C(=O)O. The van der Waals surface area contributed by atoms with Crippen molar-refractivity contribution >= 4 is 28.0 Å². The van der Waals surface area contributed by atoms with E-state index in [2.05, 4.69) is 15.9 Å². The second kappa shape index (κ2) is 4.96. The van der Waals surface area contributed by atoms with Gasteiger partial charge in [-0.05, 0) is 24.1 Å². The minimum atomic E-state index is -0.858. The molecule has 0 bridgehead atoms. The van der Waals surface area contributed by atoms with Crippen molar-refractivity contribution in [1.82, 2.24) is 0 Å². The van der Waals surface area contributed by atoms with E-state index in [4.69, 9.17) is 5.11 Å². The van der Waals surface area contributed by atoms with Crippen molar-refractivity contribution in [2.24, 2.45) is 0 Å². The molecule has 0 saturated heterocycles. The minimum absolute atomic E-state index is 0.414. The third-order valence-corrected chi connectivity index (χ3v) is 2.61. The van der Waals surface area contributed by atoms with Crippen LogP contribution in [-0.4, -0.2) is 11.1 Å². The topological polar surface area (TPSA) is 37.3 Å². The molecule has 0 spiro atoms. The molecule has 1 rings (SSSR count). The molecule has 1 aromatic carbocycles. The highest BCUT2D eigenvalue weighted by Gasteiger charge is 2.05. The minimum Gasteiger partial charge on any atom is -0.478 e. The maximum atomic E-state index is 10.8. The van der Waals surface area contributed by atoms with Crippen LogP contribution >= 0.6 is 15.9 Å². The van der Waals surface area contributed by atoms with Crippen LogP contribution < -0.4 is 0 Å². The highest BCUT2D eigenvalue weighted by atomic mass is 79.9. The third-order valence-electron chi connectivity index (χ3n) is 1.89. The lowest BCUT2D eigenvalue weighted by Gasteiger charge is -2.00. The zero-order chi connectivity index (χ0) is 10.6. The standard InChI is InChI=1S/C11H11BrO2/c1-2-8(11(13)14)7-9-5-3-4-6-10(9)12/h3-7H,2H2,1H3,(H,13,14)/b8-7+. The number of carboxylic acids is 1. The Kier molecular flexibility index (Phi) is 3.89. The Bertz CT molecular complexity index is 369. The van der Waals surface area contributed by atoms with Crippen molar-refractivity contribution < 1.29 is 9.90 Å². The van der Waals surface area contributed by atoms with Crippen molar-refractivity contribution in [1.29, 1.82) is 0 Å². The Balaban J connectivity index is 3.07. The van der Waals surface area contributed by atoms with Crippen LogP contribution in [-0.2, 0) is 4.79 Å². The summed E-state index contributed by atoms with van der Waals surface area (Å²) >= 11 is 3.37. The molecule has 14 heavy (non-hydrogen) atoms. The zero-order valence-electron chi connectivity index (χ0n) is 7.83. The number of rotatable bonds is 3. The van der Waals surface area contributed by atoms with E-state index < -0.39 is 5.97 Å². The van der Waals surface area contributed by atoms with E-state index in [1.165, 1.54) is 0 Å². The molecule has 0 aliphatic carbocycles. The van der Waals surface area contributed by atoms with Crippen LogP contribution in [0.4, 0.5) is 0 Å². The fourth-order valence-electron chi connectivity index (χ4n) is 1.09. The number of carboxylic acid groups (broad SMARTS) is 1. The highest BCUT2D eigenvalue weighted by Crippen LogP contribution is 2.19. The maximum absolute atomic E-state index is 10.8. The maximum Gasteiger partial charge on any atom is 0.331 e. The van der Waals surface area contributed by atoms with Crippen LogP contribution in [0.5, 0.6) is 0 Å². The van der Waals surface area contributed by atoms with Gasteiger partial charge in [-0.25, -0.2) is 4.79 Å². The lowest BCUT2D eigenvalue weighted by Crippen LogP contribution is -1.98. The molecule has 0 fully saturated rings. The van der Waals surface area contributed by atoms with Gasteiger partial charge >= 0.3 is 5.97 Å². The van der Waals surface area contributed by atoms with Crippen LogP contribution in [0.1, 0.15) is 18.9 Å². The average molecular weight is 255 g/mol. The van der Waals surface area contributed by atoms with E-state index in [0.717, 1.165) is 10.0 Å². The van der Waals surface area contributed by atoms with Gasteiger partial charge in [0.2, 0.25) is 0 Å². The van der Waals surface area contributed by atoms with E-state index in [0.29, 0.717) is 12.0 Å². The van der Waals surface area contributed by atoms with Gasteiger partial charge in [-0.2, -0.15) is 0 Å². The molecule has 3 heteroatoms. The van der Waals surface area contributed by atoms with Gasteiger partial charge in [0.05, 0.1) is 0 Å². The Labute approximate surface area is 91.4 Å². The average Bonchev–Trinajstić information content (AvgIpc) is 2.16. The van der Waals surface area contributed by atoms with Crippen molar-refractivity contribution in [2.45, 2.75) is 13.3 Å². The van der Waals surface area contributed by atoms with Crippen LogP contribution in [0.25, 0.3) is 6.08 Å². The Morgan fingerprint density at radius 2 is 2.14 bits per heavy atom. The van der Waals surface area contributed by atoms with Gasteiger partial charge in [-0.15, -0.1) is 0 Å². The first-order chi connectivity index (χ1) is 6.65. The summed E-state index contributed by atoms with van der Waals surface area (Å²) in [6.45, 7) is 1.83. The van der Waals surface area contributed by atoms with Crippen molar-refractivity contribution in [3.8, 4) is 0 Å². The molecule has 0 amide bonds. The molecule has 0 saturated carbocycles. The summed E-state index contributed by atoms with van der Waals surface area (Å²) in [7, 11) is 0. The lowest BCUT2D eigenvalue weighted by molar-refractivity contribution is -0.132.